The largest absolute Gasteiger partial charge is 0.388 e. The van der Waals surface area contributed by atoms with Gasteiger partial charge in [0.25, 0.3) is 0 Å². The van der Waals surface area contributed by atoms with Gasteiger partial charge in [-0.2, -0.15) is 0 Å². The maximum absolute atomic E-state index is 5.63. The Bertz CT molecular complexity index is 429. The van der Waals surface area contributed by atoms with Crippen LogP contribution in [0.3, 0.4) is 0 Å². The number of nitrogens with zero attached hydrogens (tertiary/aromatic N) is 3. The summed E-state index contributed by atoms with van der Waals surface area (Å²) in [6, 6.07) is 1.83. The summed E-state index contributed by atoms with van der Waals surface area (Å²) < 4.78 is 0. The van der Waals surface area contributed by atoms with Crippen LogP contribution in [0.25, 0.3) is 0 Å². The maximum atomic E-state index is 5.63. The van der Waals surface area contributed by atoms with Crippen molar-refractivity contribution in [2.24, 2.45) is 11.7 Å². The fraction of sp³-hybridized carbons (Fsp3) is 0.583. The Labute approximate surface area is 107 Å². The quantitative estimate of drug-likeness (QED) is 0.805. The number of nitrogens with two attached hydrogens (primary N) is 1. The van der Waals surface area contributed by atoms with Crippen molar-refractivity contribution < 1.29 is 0 Å². The van der Waals surface area contributed by atoms with Crippen LogP contribution in [0.5, 0.6) is 0 Å². The van der Waals surface area contributed by atoms with Crippen LogP contribution in [0.4, 0.5) is 5.95 Å². The van der Waals surface area contributed by atoms with Gasteiger partial charge < -0.3 is 10.6 Å². The van der Waals surface area contributed by atoms with Gasteiger partial charge in [0.15, 0.2) is 0 Å². The molecule has 2 rings (SSSR count). The van der Waals surface area contributed by atoms with E-state index in [1.165, 1.54) is 12.8 Å². The Morgan fingerprint density at radius 3 is 2.76 bits per heavy atom. The third kappa shape index (κ3) is 3.12. The second-order valence-corrected chi connectivity index (χ2v) is 4.98. The van der Waals surface area contributed by atoms with Gasteiger partial charge in [0, 0.05) is 18.8 Å². The summed E-state index contributed by atoms with van der Waals surface area (Å²) in [6.07, 6.45) is 2.65. The summed E-state index contributed by atoms with van der Waals surface area (Å²) >= 11 is 4.97. The van der Waals surface area contributed by atoms with E-state index in [4.69, 9.17) is 18.0 Å². The molecule has 1 aliphatic carbocycles. The summed E-state index contributed by atoms with van der Waals surface area (Å²) in [4.78, 5) is 11.4. The molecule has 0 aliphatic heterocycles. The molecule has 1 aromatic heterocycles. The second kappa shape index (κ2) is 4.96. The van der Waals surface area contributed by atoms with Gasteiger partial charge >= 0.3 is 0 Å². The number of hydrogen-bond acceptors (Lipinski definition) is 4. The van der Waals surface area contributed by atoms with Crippen LogP contribution in [0.15, 0.2) is 6.07 Å². The third-order valence-corrected chi connectivity index (χ3v) is 3.14. The number of aromatic nitrogens is 2. The molecule has 1 aliphatic rings. The first-order valence-corrected chi connectivity index (χ1v) is 6.41. The van der Waals surface area contributed by atoms with Crippen molar-refractivity contribution in [3.05, 3.63) is 17.5 Å². The molecule has 0 atom stereocenters. The zero-order valence-corrected chi connectivity index (χ0v) is 11.1. The Morgan fingerprint density at radius 1 is 1.53 bits per heavy atom. The molecule has 0 radical (unpaired) electrons. The van der Waals surface area contributed by atoms with Crippen molar-refractivity contribution in [1.29, 1.82) is 0 Å². The molecule has 0 spiro atoms. The normalized spacial score (nSPS) is 14.7. The molecular formula is C12H18N4S. The highest BCUT2D eigenvalue weighted by atomic mass is 32.1. The first-order chi connectivity index (χ1) is 8.10. The maximum Gasteiger partial charge on any atom is 0.226 e. The van der Waals surface area contributed by atoms with E-state index in [0.29, 0.717) is 10.7 Å². The zero-order valence-electron chi connectivity index (χ0n) is 10.3. The van der Waals surface area contributed by atoms with Crippen LogP contribution >= 0.6 is 12.2 Å². The summed E-state index contributed by atoms with van der Waals surface area (Å²) in [5.74, 6) is 1.56. The average Bonchev–Trinajstić information content (AvgIpc) is 3.08. The molecule has 5 heteroatoms. The van der Waals surface area contributed by atoms with Gasteiger partial charge in [-0.25, -0.2) is 9.97 Å². The smallest absolute Gasteiger partial charge is 0.226 e. The molecule has 0 saturated heterocycles. The van der Waals surface area contributed by atoms with Gasteiger partial charge in [0.05, 0.1) is 0 Å². The van der Waals surface area contributed by atoms with Crippen molar-refractivity contribution in [3.8, 4) is 0 Å². The van der Waals surface area contributed by atoms with E-state index in [1.807, 2.05) is 13.0 Å². The second-order valence-electron chi connectivity index (χ2n) is 4.54. The Balaban J connectivity index is 2.24. The summed E-state index contributed by atoms with van der Waals surface area (Å²) in [7, 11) is 0. The number of hydrogen-bond donors (Lipinski definition) is 1. The van der Waals surface area contributed by atoms with Crippen LogP contribution in [0.2, 0.25) is 0 Å². The van der Waals surface area contributed by atoms with E-state index in [2.05, 4.69) is 21.8 Å². The van der Waals surface area contributed by atoms with Crippen LogP contribution in [-0.4, -0.2) is 28.0 Å². The van der Waals surface area contributed by atoms with Crippen molar-refractivity contribution in [2.45, 2.75) is 26.7 Å². The molecule has 0 bridgehead atoms. The van der Waals surface area contributed by atoms with Crippen LogP contribution in [0.1, 0.15) is 31.2 Å². The van der Waals surface area contributed by atoms with E-state index < -0.39 is 0 Å². The molecule has 0 amide bonds. The minimum absolute atomic E-state index is 0.333. The number of anilines is 1. The molecule has 4 nitrogen and oxygen atoms in total. The first kappa shape index (κ1) is 12.2. The molecule has 17 heavy (non-hydrogen) atoms. The lowest BCUT2D eigenvalue weighted by atomic mass is 10.3. The molecule has 2 N–H and O–H groups in total. The van der Waals surface area contributed by atoms with Gasteiger partial charge in [-0.05, 0) is 38.7 Å². The number of rotatable bonds is 5. The molecule has 1 fully saturated rings. The van der Waals surface area contributed by atoms with Gasteiger partial charge in [-0.1, -0.05) is 12.2 Å². The number of aryl methyl sites for hydroxylation is 1. The van der Waals surface area contributed by atoms with Crippen molar-refractivity contribution in [2.75, 3.05) is 18.0 Å². The molecule has 0 unspecified atom stereocenters. The van der Waals surface area contributed by atoms with E-state index in [0.717, 1.165) is 30.6 Å². The van der Waals surface area contributed by atoms with Crippen LogP contribution in [0, 0.1) is 12.8 Å². The van der Waals surface area contributed by atoms with E-state index in [-0.39, 0.29) is 0 Å². The Morgan fingerprint density at radius 2 is 2.24 bits per heavy atom. The SMILES string of the molecule is CCN(CC1CC1)c1nc(C)cc(C(N)=S)n1. The van der Waals surface area contributed by atoms with Gasteiger partial charge in [-0.3, -0.25) is 0 Å². The highest BCUT2D eigenvalue weighted by Crippen LogP contribution is 2.30. The topological polar surface area (TPSA) is 55.0 Å². The third-order valence-electron chi connectivity index (χ3n) is 2.93. The van der Waals surface area contributed by atoms with Crippen molar-refractivity contribution in [3.63, 3.8) is 0 Å². The first-order valence-electron chi connectivity index (χ1n) is 6.00. The minimum Gasteiger partial charge on any atom is -0.388 e. The zero-order chi connectivity index (χ0) is 12.4. The summed E-state index contributed by atoms with van der Waals surface area (Å²) in [5.41, 5.74) is 7.20. The lowest BCUT2D eigenvalue weighted by Crippen LogP contribution is -2.28. The molecular weight excluding hydrogens is 232 g/mol. The molecule has 0 aromatic carbocycles. The number of thiocarbonyl (C=S) groups is 1. The fourth-order valence-electron chi connectivity index (χ4n) is 1.78. The van der Waals surface area contributed by atoms with Crippen LogP contribution < -0.4 is 10.6 Å². The Hall–Kier alpha value is -1.23. The molecule has 92 valence electrons. The predicted octanol–water partition coefficient (Wildman–Crippen LogP) is 1.66. The van der Waals surface area contributed by atoms with Gasteiger partial charge in [0.2, 0.25) is 5.95 Å². The summed E-state index contributed by atoms with van der Waals surface area (Å²) in [5, 5.41) is 0. The highest BCUT2D eigenvalue weighted by molar-refractivity contribution is 7.80. The molecule has 1 heterocycles. The van der Waals surface area contributed by atoms with E-state index in [1.54, 1.807) is 0 Å². The van der Waals surface area contributed by atoms with E-state index >= 15 is 0 Å². The minimum atomic E-state index is 0.333. The van der Waals surface area contributed by atoms with Gasteiger partial charge in [-0.15, -0.1) is 0 Å². The molecule has 1 saturated carbocycles. The molecule has 1 aromatic rings. The monoisotopic (exact) mass is 250 g/mol. The highest BCUT2D eigenvalue weighted by Gasteiger charge is 2.25. The van der Waals surface area contributed by atoms with Crippen molar-refractivity contribution >= 4 is 23.2 Å². The Kier molecular flexibility index (Phi) is 3.57. The van der Waals surface area contributed by atoms with Crippen LogP contribution in [-0.2, 0) is 0 Å². The lowest BCUT2D eigenvalue weighted by molar-refractivity contribution is 0.717. The predicted molar refractivity (Wildman–Crippen MR) is 73.3 cm³/mol. The fourth-order valence-corrected chi connectivity index (χ4v) is 1.89. The summed E-state index contributed by atoms with van der Waals surface area (Å²) in [6.45, 7) is 6.01. The lowest BCUT2D eigenvalue weighted by Gasteiger charge is -2.21. The standard InChI is InChI=1S/C12H18N4S/c1-3-16(7-9-4-5-9)12-14-8(2)6-10(15-12)11(13)17/h6,9H,3-5,7H2,1-2H3,(H2,13,17). The van der Waals surface area contributed by atoms with Crippen molar-refractivity contribution in [1.82, 2.24) is 9.97 Å². The average molecular weight is 250 g/mol. The van der Waals surface area contributed by atoms with Gasteiger partial charge in [0.1, 0.15) is 10.7 Å². The van der Waals surface area contributed by atoms with E-state index in [9.17, 15) is 0 Å².